The Hall–Kier alpha value is -0.860. The quantitative estimate of drug-likeness (QED) is 0.757. The van der Waals surface area contributed by atoms with Crippen molar-refractivity contribution < 1.29 is 0 Å². The van der Waals surface area contributed by atoms with Crippen LogP contribution in [0.25, 0.3) is 0 Å². The Morgan fingerprint density at radius 3 is 2.72 bits per heavy atom. The Labute approximate surface area is 111 Å². The summed E-state index contributed by atoms with van der Waals surface area (Å²) in [6.07, 6.45) is 7.48. The van der Waals surface area contributed by atoms with E-state index < -0.39 is 0 Å². The Balaban J connectivity index is 1.76. The summed E-state index contributed by atoms with van der Waals surface area (Å²) in [4.78, 5) is 0. The topological polar surface area (TPSA) is 38.0 Å². The molecule has 0 heterocycles. The van der Waals surface area contributed by atoms with Crippen LogP contribution < -0.4 is 11.1 Å². The zero-order valence-corrected chi connectivity index (χ0v) is 11.5. The first-order valence-corrected chi connectivity index (χ1v) is 7.32. The van der Waals surface area contributed by atoms with Crippen molar-refractivity contribution in [2.24, 2.45) is 5.73 Å². The van der Waals surface area contributed by atoms with Gasteiger partial charge in [-0.2, -0.15) is 0 Å². The largest absolute Gasteiger partial charge is 0.328 e. The average Bonchev–Trinajstić information content (AvgIpc) is 2.38. The lowest BCUT2D eigenvalue weighted by molar-refractivity contribution is 0.589. The predicted molar refractivity (Wildman–Crippen MR) is 77.9 cm³/mol. The smallest absolute Gasteiger partial charge is 0.00225 e. The van der Waals surface area contributed by atoms with Gasteiger partial charge in [-0.1, -0.05) is 18.2 Å². The molecule has 2 rings (SSSR count). The van der Waals surface area contributed by atoms with E-state index in [9.17, 15) is 0 Å². The minimum Gasteiger partial charge on any atom is -0.328 e. The Kier molecular flexibility index (Phi) is 5.21. The third-order valence-electron chi connectivity index (χ3n) is 3.78. The van der Waals surface area contributed by atoms with Crippen molar-refractivity contribution in [2.45, 2.75) is 51.5 Å². The van der Waals surface area contributed by atoms with E-state index in [2.05, 4.69) is 30.4 Å². The minimum absolute atomic E-state index is 0.307. The Morgan fingerprint density at radius 2 is 1.94 bits per heavy atom. The Bertz CT molecular complexity index is 371. The van der Waals surface area contributed by atoms with E-state index in [0.717, 1.165) is 25.9 Å². The summed E-state index contributed by atoms with van der Waals surface area (Å²) in [5, 5.41) is 3.47. The van der Waals surface area contributed by atoms with Gasteiger partial charge in [0.2, 0.25) is 0 Å². The molecule has 18 heavy (non-hydrogen) atoms. The summed E-state index contributed by atoms with van der Waals surface area (Å²) in [6, 6.07) is 7.37. The van der Waals surface area contributed by atoms with Gasteiger partial charge in [-0.3, -0.25) is 0 Å². The van der Waals surface area contributed by atoms with Crippen LogP contribution in [0, 0.1) is 0 Å². The monoisotopic (exact) mass is 246 g/mol. The summed E-state index contributed by atoms with van der Waals surface area (Å²) in [6.45, 7) is 4.15. The lowest BCUT2D eigenvalue weighted by Gasteiger charge is -2.16. The third-order valence-corrected chi connectivity index (χ3v) is 3.78. The zero-order valence-electron chi connectivity index (χ0n) is 11.5. The van der Waals surface area contributed by atoms with Gasteiger partial charge in [-0.05, 0) is 75.2 Å². The molecular weight excluding hydrogens is 220 g/mol. The van der Waals surface area contributed by atoms with Crippen LogP contribution in [0.5, 0.6) is 0 Å². The molecule has 0 aromatic heterocycles. The van der Waals surface area contributed by atoms with E-state index in [4.69, 9.17) is 5.73 Å². The molecule has 0 aliphatic heterocycles. The van der Waals surface area contributed by atoms with E-state index in [1.807, 2.05) is 0 Å². The summed E-state index contributed by atoms with van der Waals surface area (Å²) in [7, 11) is 0. The molecule has 0 saturated carbocycles. The van der Waals surface area contributed by atoms with E-state index in [-0.39, 0.29) is 0 Å². The molecule has 0 bridgehead atoms. The second kappa shape index (κ2) is 6.91. The second-order valence-electron chi connectivity index (χ2n) is 5.58. The number of aryl methyl sites for hydroxylation is 2. The highest BCUT2D eigenvalue weighted by Crippen LogP contribution is 2.22. The lowest BCUT2D eigenvalue weighted by atomic mass is 9.90. The van der Waals surface area contributed by atoms with Crippen LogP contribution >= 0.6 is 0 Å². The van der Waals surface area contributed by atoms with Gasteiger partial charge < -0.3 is 11.1 Å². The fraction of sp³-hybridized carbons (Fsp3) is 0.625. The van der Waals surface area contributed by atoms with Crippen molar-refractivity contribution in [3.05, 3.63) is 34.9 Å². The number of nitrogens with one attached hydrogen (secondary N) is 1. The standard InChI is InChI=1S/C16H26N2/c1-13(17)8-10-18-11-9-14-6-7-15-4-2-3-5-16(15)12-14/h6-7,12-13,18H,2-5,8-11,17H2,1H3. The molecule has 1 aliphatic carbocycles. The van der Waals surface area contributed by atoms with Crippen LogP contribution in [0.3, 0.4) is 0 Å². The third kappa shape index (κ3) is 4.11. The van der Waals surface area contributed by atoms with Gasteiger partial charge in [0.1, 0.15) is 0 Å². The summed E-state index contributed by atoms with van der Waals surface area (Å²) >= 11 is 0. The fourth-order valence-electron chi connectivity index (χ4n) is 2.63. The minimum atomic E-state index is 0.307. The molecule has 1 aromatic carbocycles. The molecule has 2 nitrogen and oxygen atoms in total. The van der Waals surface area contributed by atoms with Crippen molar-refractivity contribution in [2.75, 3.05) is 13.1 Å². The molecule has 1 atom stereocenters. The van der Waals surface area contributed by atoms with Gasteiger partial charge in [-0.25, -0.2) is 0 Å². The van der Waals surface area contributed by atoms with E-state index in [1.54, 1.807) is 11.1 Å². The zero-order chi connectivity index (χ0) is 12.8. The average molecular weight is 246 g/mol. The predicted octanol–water partition coefficient (Wildman–Crippen LogP) is 2.43. The van der Waals surface area contributed by atoms with Crippen LogP contribution in [-0.2, 0) is 19.3 Å². The highest BCUT2D eigenvalue weighted by atomic mass is 14.8. The SMILES string of the molecule is CC(N)CCNCCc1ccc2c(c1)CCCC2. The van der Waals surface area contributed by atoms with E-state index >= 15 is 0 Å². The molecule has 0 spiro atoms. The first-order valence-electron chi connectivity index (χ1n) is 7.32. The van der Waals surface area contributed by atoms with Crippen molar-refractivity contribution >= 4 is 0 Å². The molecule has 0 radical (unpaired) electrons. The molecular formula is C16H26N2. The molecule has 3 N–H and O–H groups in total. The van der Waals surface area contributed by atoms with Crippen molar-refractivity contribution in [1.82, 2.24) is 5.32 Å². The van der Waals surface area contributed by atoms with Crippen LogP contribution in [0.2, 0.25) is 0 Å². The van der Waals surface area contributed by atoms with Gasteiger partial charge in [-0.15, -0.1) is 0 Å². The molecule has 0 amide bonds. The van der Waals surface area contributed by atoms with Gasteiger partial charge >= 0.3 is 0 Å². The number of hydrogen-bond acceptors (Lipinski definition) is 2. The maximum Gasteiger partial charge on any atom is 0.00225 e. The maximum atomic E-state index is 5.72. The van der Waals surface area contributed by atoms with Gasteiger partial charge in [0.05, 0.1) is 0 Å². The highest BCUT2D eigenvalue weighted by Gasteiger charge is 2.09. The molecule has 0 fully saturated rings. The molecule has 1 aliphatic rings. The molecule has 2 heteroatoms. The number of fused-ring (bicyclic) bond motifs is 1. The summed E-state index contributed by atoms with van der Waals surface area (Å²) in [5.41, 5.74) is 10.4. The molecule has 1 aromatic rings. The molecule has 100 valence electrons. The number of hydrogen-bond donors (Lipinski definition) is 2. The van der Waals surface area contributed by atoms with Crippen LogP contribution in [0.1, 0.15) is 42.9 Å². The van der Waals surface area contributed by atoms with Gasteiger partial charge in [0.15, 0.2) is 0 Å². The molecule has 0 saturated heterocycles. The van der Waals surface area contributed by atoms with Crippen LogP contribution in [0.4, 0.5) is 0 Å². The van der Waals surface area contributed by atoms with E-state index in [1.165, 1.54) is 31.2 Å². The first-order chi connectivity index (χ1) is 8.75. The fourth-order valence-corrected chi connectivity index (χ4v) is 2.63. The number of rotatable bonds is 6. The lowest BCUT2D eigenvalue weighted by Crippen LogP contribution is -2.25. The Morgan fingerprint density at radius 1 is 1.17 bits per heavy atom. The summed E-state index contributed by atoms with van der Waals surface area (Å²) in [5.74, 6) is 0. The van der Waals surface area contributed by atoms with Crippen molar-refractivity contribution in [3.8, 4) is 0 Å². The van der Waals surface area contributed by atoms with Crippen molar-refractivity contribution in [3.63, 3.8) is 0 Å². The second-order valence-corrected chi connectivity index (χ2v) is 5.58. The number of benzene rings is 1. The number of nitrogens with two attached hydrogens (primary N) is 1. The maximum absolute atomic E-state index is 5.72. The van der Waals surface area contributed by atoms with Crippen LogP contribution in [0.15, 0.2) is 18.2 Å². The van der Waals surface area contributed by atoms with Gasteiger partial charge in [0.25, 0.3) is 0 Å². The van der Waals surface area contributed by atoms with E-state index in [0.29, 0.717) is 6.04 Å². The highest BCUT2D eigenvalue weighted by molar-refractivity contribution is 5.33. The van der Waals surface area contributed by atoms with Gasteiger partial charge in [0, 0.05) is 6.04 Å². The first kappa shape index (κ1) is 13.6. The summed E-state index contributed by atoms with van der Waals surface area (Å²) < 4.78 is 0. The normalized spacial score (nSPS) is 16.3. The van der Waals surface area contributed by atoms with Crippen molar-refractivity contribution in [1.29, 1.82) is 0 Å². The molecule has 1 unspecified atom stereocenters. The van der Waals surface area contributed by atoms with Crippen LogP contribution in [-0.4, -0.2) is 19.1 Å².